The van der Waals surface area contributed by atoms with Crippen molar-refractivity contribution in [2.24, 2.45) is 0 Å². The third kappa shape index (κ3) is 7.29. The van der Waals surface area contributed by atoms with E-state index in [1.54, 1.807) is 13.0 Å². The second-order valence-electron chi connectivity index (χ2n) is 9.30. The number of unbranched alkanes of at least 4 members (excludes halogenated alkanes) is 1. The number of anilines is 1. The highest BCUT2D eigenvalue weighted by Crippen LogP contribution is 2.38. The molecule has 39 heavy (non-hydrogen) atoms. The quantitative estimate of drug-likeness (QED) is 0.158. The summed E-state index contributed by atoms with van der Waals surface area (Å²) in [5.74, 6) is -0.0839. The molecule has 2 N–H and O–H groups in total. The molecule has 0 aromatic carbocycles. The molecule has 3 aromatic rings. The van der Waals surface area contributed by atoms with Gasteiger partial charge in [0, 0.05) is 11.4 Å². The lowest BCUT2D eigenvalue weighted by Crippen LogP contribution is -2.25. The number of thiophene rings is 2. The van der Waals surface area contributed by atoms with Gasteiger partial charge in [0.15, 0.2) is 11.0 Å². The van der Waals surface area contributed by atoms with Crippen LogP contribution in [-0.2, 0) is 35.5 Å². The molecular weight excluding hydrogens is 555 g/mol. The number of esters is 1. The third-order valence-corrected chi connectivity index (χ3v) is 9.63. The highest BCUT2D eigenvalue weighted by Gasteiger charge is 2.28. The maximum atomic E-state index is 13.3. The largest absolute Gasteiger partial charge is 0.462 e. The number of hydrogen-bond acceptors (Lipinski definition) is 9. The molecule has 0 saturated carbocycles. The van der Waals surface area contributed by atoms with Crippen molar-refractivity contribution in [2.75, 3.05) is 11.9 Å². The lowest BCUT2D eigenvalue weighted by atomic mass is 10.1. The van der Waals surface area contributed by atoms with E-state index in [1.807, 2.05) is 22.9 Å². The number of amides is 2. The van der Waals surface area contributed by atoms with Gasteiger partial charge in [0.25, 0.3) is 5.91 Å². The Bertz CT molecular complexity index is 1280. The predicted octanol–water partition coefficient (Wildman–Crippen LogP) is 5.70. The number of aromatic nitrogens is 3. The standard InChI is InChI=1S/C27H35N5O4S3/c1-4-6-14-32-21(16-28-24(34)20-13-10-15-37-20)30-31-27(32)38-17(3)23(33)29-25-22(26(35)36-5-2)18-11-8-7-9-12-19(18)39-25/h10,13,15,17H,4-9,11-12,14,16H2,1-3H3,(H,28,34)(H,29,33)/t17-/m0/s1. The Hall–Kier alpha value is -2.70. The smallest absolute Gasteiger partial charge is 0.341 e. The van der Waals surface area contributed by atoms with E-state index in [2.05, 4.69) is 27.8 Å². The van der Waals surface area contributed by atoms with Crippen LogP contribution in [0.2, 0.25) is 0 Å². The van der Waals surface area contributed by atoms with Crippen LogP contribution in [0, 0.1) is 0 Å². The summed E-state index contributed by atoms with van der Waals surface area (Å²) < 4.78 is 7.33. The minimum atomic E-state index is -0.486. The first-order valence-electron chi connectivity index (χ1n) is 13.5. The van der Waals surface area contributed by atoms with Crippen molar-refractivity contribution in [2.45, 2.75) is 89.2 Å². The number of carbonyl (C=O) groups excluding carboxylic acids is 3. The summed E-state index contributed by atoms with van der Waals surface area (Å²) in [6.07, 6.45) is 6.89. The van der Waals surface area contributed by atoms with E-state index >= 15 is 0 Å². The number of thioether (sulfide) groups is 1. The Labute approximate surface area is 241 Å². The van der Waals surface area contributed by atoms with E-state index in [-0.39, 0.29) is 30.9 Å². The third-order valence-electron chi connectivity index (χ3n) is 6.47. The molecule has 2 amide bonds. The fourth-order valence-corrected chi connectivity index (χ4v) is 7.22. The van der Waals surface area contributed by atoms with E-state index in [9.17, 15) is 14.4 Å². The Morgan fingerprint density at radius 3 is 2.74 bits per heavy atom. The van der Waals surface area contributed by atoms with E-state index < -0.39 is 5.25 Å². The minimum Gasteiger partial charge on any atom is -0.462 e. The molecule has 0 bridgehead atoms. The average molecular weight is 590 g/mol. The maximum absolute atomic E-state index is 13.3. The molecule has 210 valence electrons. The molecule has 0 saturated heterocycles. The number of nitrogens with one attached hydrogen (secondary N) is 2. The van der Waals surface area contributed by atoms with Gasteiger partial charge in [-0.3, -0.25) is 9.59 Å². The first-order valence-corrected chi connectivity index (χ1v) is 16.0. The number of hydrogen-bond donors (Lipinski definition) is 2. The zero-order valence-electron chi connectivity index (χ0n) is 22.6. The summed E-state index contributed by atoms with van der Waals surface area (Å²) >= 11 is 4.20. The summed E-state index contributed by atoms with van der Waals surface area (Å²) in [7, 11) is 0. The summed E-state index contributed by atoms with van der Waals surface area (Å²) in [5, 5.41) is 17.2. The number of ether oxygens (including phenoxy) is 1. The molecule has 4 rings (SSSR count). The summed E-state index contributed by atoms with van der Waals surface area (Å²) in [6.45, 7) is 6.94. The average Bonchev–Trinajstić information content (AvgIpc) is 3.63. The highest BCUT2D eigenvalue weighted by molar-refractivity contribution is 8.00. The predicted molar refractivity (Wildman–Crippen MR) is 156 cm³/mol. The van der Waals surface area contributed by atoms with Gasteiger partial charge in [0.2, 0.25) is 5.91 Å². The summed E-state index contributed by atoms with van der Waals surface area (Å²) in [5.41, 5.74) is 1.54. The SMILES string of the molecule is CCCCn1c(CNC(=O)c2cccs2)nnc1S[C@@H](C)C(=O)Nc1sc2c(c1C(=O)OCC)CCCCC2. The molecule has 3 heterocycles. The van der Waals surface area contributed by atoms with Crippen molar-refractivity contribution in [3.63, 3.8) is 0 Å². The molecule has 1 aliphatic carbocycles. The zero-order chi connectivity index (χ0) is 27.8. The minimum absolute atomic E-state index is 0.149. The molecule has 0 aliphatic heterocycles. The number of rotatable bonds is 12. The van der Waals surface area contributed by atoms with Gasteiger partial charge in [0.1, 0.15) is 5.00 Å². The van der Waals surface area contributed by atoms with Crippen molar-refractivity contribution < 1.29 is 19.1 Å². The van der Waals surface area contributed by atoms with Gasteiger partial charge >= 0.3 is 5.97 Å². The van der Waals surface area contributed by atoms with Gasteiger partial charge in [-0.2, -0.15) is 0 Å². The Morgan fingerprint density at radius 1 is 1.18 bits per heavy atom. The van der Waals surface area contributed by atoms with Crippen molar-refractivity contribution in [1.29, 1.82) is 0 Å². The molecule has 1 atom stereocenters. The van der Waals surface area contributed by atoms with Crippen molar-refractivity contribution in [1.82, 2.24) is 20.1 Å². The Morgan fingerprint density at radius 2 is 2.00 bits per heavy atom. The Balaban J connectivity index is 1.47. The van der Waals surface area contributed by atoms with Crippen LogP contribution in [-0.4, -0.2) is 44.4 Å². The number of nitrogens with zero attached hydrogens (tertiary/aromatic N) is 3. The molecule has 0 unspecified atom stereocenters. The topological polar surface area (TPSA) is 115 Å². The van der Waals surface area contributed by atoms with Crippen LogP contribution in [0.3, 0.4) is 0 Å². The number of fused-ring (bicyclic) bond motifs is 1. The molecule has 0 spiro atoms. The molecule has 12 heteroatoms. The van der Waals surface area contributed by atoms with Gasteiger partial charge in [0.05, 0.1) is 28.8 Å². The van der Waals surface area contributed by atoms with Crippen LogP contribution < -0.4 is 10.6 Å². The van der Waals surface area contributed by atoms with Crippen molar-refractivity contribution >= 4 is 57.2 Å². The van der Waals surface area contributed by atoms with E-state index in [0.717, 1.165) is 50.5 Å². The van der Waals surface area contributed by atoms with Crippen LogP contribution in [0.1, 0.15) is 89.2 Å². The van der Waals surface area contributed by atoms with Crippen LogP contribution in [0.5, 0.6) is 0 Å². The van der Waals surface area contributed by atoms with Crippen LogP contribution >= 0.6 is 34.4 Å². The van der Waals surface area contributed by atoms with Crippen LogP contribution in [0.25, 0.3) is 0 Å². The first kappa shape index (κ1) is 29.3. The van der Waals surface area contributed by atoms with E-state index in [0.29, 0.717) is 33.0 Å². The fraction of sp³-hybridized carbons (Fsp3) is 0.519. The monoisotopic (exact) mass is 589 g/mol. The van der Waals surface area contributed by atoms with Gasteiger partial charge in [-0.1, -0.05) is 37.6 Å². The van der Waals surface area contributed by atoms with Gasteiger partial charge in [-0.05, 0) is 63.0 Å². The molecule has 1 aliphatic rings. The number of carbonyl (C=O) groups is 3. The van der Waals surface area contributed by atoms with Gasteiger partial charge in [-0.15, -0.1) is 32.9 Å². The normalized spacial score (nSPS) is 13.8. The highest BCUT2D eigenvalue weighted by atomic mass is 32.2. The van der Waals surface area contributed by atoms with Crippen LogP contribution in [0.15, 0.2) is 22.7 Å². The van der Waals surface area contributed by atoms with Gasteiger partial charge < -0.3 is 19.9 Å². The van der Waals surface area contributed by atoms with Crippen LogP contribution in [0.4, 0.5) is 5.00 Å². The van der Waals surface area contributed by atoms with E-state index in [1.165, 1.54) is 39.3 Å². The fourth-order valence-electron chi connectivity index (χ4n) is 4.41. The van der Waals surface area contributed by atoms with Gasteiger partial charge in [-0.25, -0.2) is 4.79 Å². The molecule has 0 radical (unpaired) electrons. The second kappa shape index (κ2) is 14.1. The number of aryl methyl sites for hydroxylation is 1. The molecule has 9 nitrogen and oxygen atoms in total. The summed E-state index contributed by atoms with van der Waals surface area (Å²) in [6, 6.07) is 3.62. The van der Waals surface area contributed by atoms with E-state index in [4.69, 9.17) is 4.74 Å². The summed E-state index contributed by atoms with van der Waals surface area (Å²) in [4.78, 5) is 40.4. The molecule has 3 aromatic heterocycles. The Kier molecular flexibility index (Phi) is 10.6. The lowest BCUT2D eigenvalue weighted by molar-refractivity contribution is -0.115. The van der Waals surface area contributed by atoms with Crippen molar-refractivity contribution in [3.05, 3.63) is 44.2 Å². The molecule has 0 fully saturated rings. The molecular formula is C27H35N5O4S3. The maximum Gasteiger partial charge on any atom is 0.341 e. The van der Waals surface area contributed by atoms with Crippen molar-refractivity contribution in [3.8, 4) is 0 Å². The zero-order valence-corrected chi connectivity index (χ0v) is 25.0. The lowest BCUT2D eigenvalue weighted by Gasteiger charge is -2.14. The second-order valence-corrected chi connectivity index (χ2v) is 12.7. The first-order chi connectivity index (χ1) is 18.9.